The van der Waals surface area contributed by atoms with Crippen LogP contribution in [-0.4, -0.2) is 18.8 Å². The second kappa shape index (κ2) is 7.95. The molecule has 1 aliphatic heterocycles. The monoisotopic (exact) mass is 384 g/mol. The van der Waals surface area contributed by atoms with E-state index in [-0.39, 0.29) is 29.2 Å². The molecule has 2 atom stereocenters. The van der Waals surface area contributed by atoms with Crippen LogP contribution in [0, 0.1) is 18.3 Å². The van der Waals surface area contributed by atoms with Gasteiger partial charge in [0, 0.05) is 19.1 Å². The number of nitrogens with two attached hydrogens (primary N) is 1. The first-order valence-corrected chi connectivity index (χ1v) is 9.26. The van der Waals surface area contributed by atoms with Gasteiger partial charge in [0.2, 0.25) is 5.88 Å². The SMILES string of the molecule is CCOC1CC(C2C(C#N)=C(N)Oc3cc(C)oc(=O)c32)=CC=C1OC(C)C. The number of aryl methyl sites for hydroxylation is 1. The van der Waals surface area contributed by atoms with E-state index in [0.717, 1.165) is 11.3 Å². The van der Waals surface area contributed by atoms with Gasteiger partial charge in [0.1, 0.15) is 35.0 Å². The summed E-state index contributed by atoms with van der Waals surface area (Å²) in [5, 5.41) is 9.67. The molecule has 7 nitrogen and oxygen atoms in total. The van der Waals surface area contributed by atoms with Crippen LogP contribution in [0.3, 0.4) is 0 Å². The van der Waals surface area contributed by atoms with E-state index in [4.69, 9.17) is 24.4 Å². The van der Waals surface area contributed by atoms with Crippen LogP contribution in [0.15, 0.2) is 50.2 Å². The topological polar surface area (TPSA) is 108 Å². The van der Waals surface area contributed by atoms with E-state index in [1.54, 1.807) is 13.0 Å². The average Bonchev–Trinajstić information content (AvgIpc) is 2.61. The fraction of sp³-hybridized carbons (Fsp3) is 0.429. The Bertz CT molecular complexity index is 962. The molecule has 2 aliphatic rings. The number of rotatable bonds is 5. The fourth-order valence-electron chi connectivity index (χ4n) is 3.51. The molecular weight excluding hydrogens is 360 g/mol. The van der Waals surface area contributed by atoms with Crippen LogP contribution in [0.1, 0.15) is 44.4 Å². The van der Waals surface area contributed by atoms with Gasteiger partial charge in [-0.15, -0.1) is 0 Å². The number of nitriles is 1. The van der Waals surface area contributed by atoms with E-state index in [1.807, 2.05) is 32.9 Å². The maximum Gasteiger partial charge on any atom is 0.343 e. The predicted octanol–water partition coefficient (Wildman–Crippen LogP) is 3.16. The molecule has 0 spiro atoms. The van der Waals surface area contributed by atoms with Crippen molar-refractivity contribution in [2.45, 2.75) is 52.2 Å². The van der Waals surface area contributed by atoms with Crippen molar-refractivity contribution in [2.75, 3.05) is 6.61 Å². The van der Waals surface area contributed by atoms with Crippen LogP contribution in [0.2, 0.25) is 0 Å². The number of hydrogen-bond acceptors (Lipinski definition) is 7. The zero-order valence-electron chi connectivity index (χ0n) is 16.4. The van der Waals surface area contributed by atoms with Gasteiger partial charge in [-0.05, 0) is 33.8 Å². The third-order valence-electron chi connectivity index (χ3n) is 4.57. The van der Waals surface area contributed by atoms with Crippen molar-refractivity contribution < 1.29 is 18.6 Å². The minimum atomic E-state index is -0.648. The second-order valence-corrected chi connectivity index (χ2v) is 6.97. The highest BCUT2D eigenvalue weighted by Crippen LogP contribution is 2.43. The van der Waals surface area contributed by atoms with Crippen LogP contribution in [0.5, 0.6) is 5.75 Å². The molecule has 0 aromatic carbocycles. The fourth-order valence-corrected chi connectivity index (χ4v) is 3.51. The minimum Gasteiger partial charge on any atom is -0.493 e. The Kier molecular flexibility index (Phi) is 5.61. The molecule has 0 amide bonds. The summed E-state index contributed by atoms with van der Waals surface area (Å²) in [7, 11) is 0. The Labute approximate surface area is 163 Å². The molecule has 28 heavy (non-hydrogen) atoms. The second-order valence-electron chi connectivity index (χ2n) is 6.97. The third kappa shape index (κ3) is 3.69. The summed E-state index contributed by atoms with van der Waals surface area (Å²) < 4.78 is 22.5. The lowest BCUT2D eigenvalue weighted by molar-refractivity contribution is 0.0185. The normalized spacial score (nSPS) is 21.4. The van der Waals surface area contributed by atoms with Crippen LogP contribution in [0.4, 0.5) is 0 Å². The molecule has 2 unspecified atom stereocenters. The Morgan fingerprint density at radius 2 is 2.14 bits per heavy atom. The van der Waals surface area contributed by atoms with Crippen molar-refractivity contribution in [3.05, 3.63) is 62.8 Å². The molecule has 3 rings (SSSR count). The first-order chi connectivity index (χ1) is 13.3. The van der Waals surface area contributed by atoms with E-state index < -0.39 is 11.5 Å². The van der Waals surface area contributed by atoms with E-state index in [0.29, 0.717) is 24.5 Å². The molecule has 1 aromatic rings. The van der Waals surface area contributed by atoms with Crippen molar-refractivity contribution in [2.24, 2.45) is 5.73 Å². The standard InChI is InChI=1S/C21H24N2O5/c1-5-25-16-9-13(6-7-15(16)26-11(2)3)18-14(10-22)20(23)28-17-8-12(4)27-21(24)19(17)18/h6-8,11,16,18H,5,9,23H2,1-4H3. The summed E-state index contributed by atoms with van der Waals surface area (Å²) >= 11 is 0. The maximum absolute atomic E-state index is 12.6. The Morgan fingerprint density at radius 3 is 2.79 bits per heavy atom. The Morgan fingerprint density at radius 1 is 1.39 bits per heavy atom. The molecule has 1 aliphatic carbocycles. The lowest BCUT2D eigenvalue weighted by atomic mass is 9.80. The molecule has 0 bridgehead atoms. The van der Waals surface area contributed by atoms with Gasteiger partial charge >= 0.3 is 5.63 Å². The predicted molar refractivity (Wildman–Crippen MR) is 102 cm³/mol. The first-order valence-electron chi connectivity index (χ1n) is 9.26. The molecule has 148 valence electrons. The van der Waals surface area contributed by atoms with Crippen molar-refractivity contribution in [1.29, 1.82) is 5.26 Å². The average molecular weight is 384 g/mol. The smallest absolute Gasteiger partial charge is 0.343 e. The van der Waals surface area contributed by atoms with Crippen LogP contribution in [0.25, 0.3) is 0 Å². The zero-order valence-corrected chi connectivity index (χ0v) is 16.4. The summed E-state index contributed by atoms with van der Waals surface area (Å²) in [6.07, 6.45) is 3.85. The molecule has 0 radical (unpaired) electrons. The van der Waals surface area contributed by atoms with Crippen molar-refractivity contribution in [3.63, 3.8) is 0 Å². The van der Waals surface area contributed by atoms with Gasteiger partial charge in [0.05, 0.1) is 17.6 Å². The molecule has 7 heteroatoms. The van der Waals surface area contributed by atoms with Gasteiger partial charge in [0.25, 0.3) is 0 Å². The number of fused-ring (bicyclic) bond motifs is 1. The largest absolute Gasteiger partial charge is 0.493 e. The van der Waals surface area contributed by atoms with Gasteiger partial charge in [-0.1, -0.05) is 11.6 Å². The lowest BCUT2D eigenvalue weighted by Gasteiger charge is -2.31. The van der Waals surface area contributed by atoms with E-state index in [2.05, 4.69) is 6.07 Å². The van der Waals surface area contributed by atoms with Gasteiger partial charge < -0.3 is 24.4 Å². The maximum atomic E-state index is 12.6. The van der Waals surface area contributed by atoms with Gasteiger partial charge in [0.15, 0.2) is 0 Å². The molecule has 0 saturated heterocycles. The summed E-state index contributed by atoms with van der Waals surface area (Å²) in [5.74, 6) is 0.794. The quantitative estimate of drug-likeness (QED) is 0.830. The molecule has 0 fully saturated rings. The molecule has 1 aromatic heterocycles. The molecular formula is C21H24N2O5. The molecule has 0 saturated carbocycles. The van der Waals surface area contributed by atoms with Gasteiger partial charge in [-0.25, -0.2) is 4.79 Å². The van der Waals surface area contributed by atoms with Gasteiger partial charge in [-0.2, -0.15) is 5.26 Å². The number of ether oxygens (including phenoxy) is 3. The highest BCUT2D eigenvalue weighted by molar-refractivity contribution is 5.54. The molecule has 2 N–H and O–H groups in total. The van der Waals surface area contributed by atoms with E-state index >= 15 is 0 Å². The summed E-state index contributed by atoms with van der Waals surface area (Å²) in [6, 6.07) is 3.70. The van der Waals surface area contributed by atoms with Crippen LogP contribution < -0.4 is 16.1 Å². The lowest BCUT2D eigenvalue weighted by Crippen LogP contribution is -2.30. The number of hydrogen-bond donors (Lipinski definition) is 1. The highest BCUT2D eigenvalue weighted by Gasteiger charge is 2.37. The van der Waals surface area contributed by atoms with Crippen LogP contribution in [-0.2, 0) is 9.47 Å². The van der Waals surface area contributed by atoms with Crippen molar-refractivity contribution >= 4 is 0 Å². The summed E-state index contributed by atoms with van der Waals surface area (Å²) in [6.45, 7) is 7.96. The Hall–Kier alpha value is -2.98. The highest BCUT2D eigenvalue weighted by atomic mass is 16.5. The number of allylic oxidation sites excluding steroid dienone is 3. The number of nitrogens with zero attached hydrogens (tertiary/aromatic N) is 1. The zero-order chi connectivity index (χ0) is 20.4. The summed E-state index contributed by atoms with van der Waals surface area (Å²) in [4.78, 5) is 12.6. The van der Waals surface area contributed by atoms with Crippen molar-refractivity contribution in [3.8, 4) is 11.8 Å². The van der Waals surface area contributed by atoms with Crippen LogP contribution >= 0.6 is 0 Å². The van der Waals surface area contributed by atoms with Gasteiger partial charge in [-0.3, -0.25) is 0 Å². The first kappa shape index (κ1) is 19.8. The molecule has 2 heterocycles. The van der Waals surface area contributed by atoms with Crippen molar-refractivity contribution in [1.82, 2.24) is 0 Å². The third-order valence-corrected chi connectivity index (χ3v) is 4.57. The Balaban J connectivity index is 2.11. The summed E-state index contributed by atoms with van der Waals surface area (Å²) in [5.41, 5.74) is 6.73. The minimum absolute atomic E-state index is 0.00735. The van der Waals surface area contributed by atoms with E-state index in [1.165, 1.54) is 0 Å². The van der Waals surface area contributed by atoms with E-state index in [9.17, 15) is 10.1 Å².